The summed E-state index contributed by atoms with van der Waals surface area (Å²) in [7, 11) is 0. The summed E-state index contributed by atoms with van der Waals surface area (Å²) in [6, 6.07) is 0. The lowest BCUT2D eigenvalue weighted by atomic mass is 9.51. The number of rotatable bonds is 5. The van der Waals surface area contributed by atoms with Gasteiger partial charge in [0.25, 0.3) is 0 Å². The molecule has 0 spiro atoms. The van der Waals surface area contributed by atoms with Crippen LogP contribution in [0, 0.1) is 52.8 Å². The normalized spacial score (nSPS) is 42.6. The molecule has 158 valence electrons. The van der Waals surface area contributed by atoms with Crippen molar-refractivity contribution in [3.63, 3.8) is 0 Å². The third kappa shape index (κ3) is 3.56. The zero-order valence-electron chi connectivity index (χ0n) is 19.4. The molecule has 3 fully saturated rings. The molecule has 0 aromatic heterocycles. The van der Waals surface area contributed by atoms with Crippen LogP contribution in [0.3, 0.4) is 0 Å². The SMILES string of the molecule is CCC(/C=C/C(C)C1CCC2C3CC=C4CCCCC4C3CCC12C)C(C)C. The van der Waals surface area contributed by atoms with Crippen LogP contribution in [0.25, 0.3) is 0 Å². The maximum Gasteiger partial charge on any atom is -0.0172 e. The van der Waals surface area contributed by atoms with E-state index in [2.05, 4.69) is 52.8 Å². The van der Waals surface area contributed by atoms with Crippen LogP contribution in [0.15, 0.2) is 23.8 Å². The minimum atomic E-state index is 0.602. The maximum absolute atomic E-state index is 2.72. The van der Waals surface area contributed by atoms with E-state index >= 15 is 0 Å². The van der Waals surface area contributed by atoms with E-state index in [4.69, 9.17) is 0 Å². The Balaban J connectivity index is 1.49. The molecule has 4 rings (SSSR count). The van der Waals surface area contributed by atoms with Gasteiger partial charge in [-0.15, -0.1) is 0 Å². The molecule has 4 aliphatic rings. The summed E-state index contributed by atoms with van der Waals surface area (Å²) < 4.78 is 0. The number of allylic oxidation sites excluding steroid dienone is 4. The van der Waals surface area contributed by atoms with Gasteiger partial charge >= 0.3 is 0 Å². The Labute approximate surface area is 175 Å². The van der Waals surface area contributed by atoms with Gasteiger partial charge in [-0.25, -0.2) is 0 Å². The average Bonchev–Trinajstić information content (AvgIpc) is 3.05. The summed E-state index contributed by atoms with van der Waals surface area (Å²) in [5.41, 5.74) is 2.48. The molecule has 0 aromatic carbocycles. The van der Waals surface area contributed by atoms with E-state index in [-0.39, 0.29) is 0 Å². The first-order chi connectivity index (χ1) is 13.5. The molecule has 0 heteroatoms. The molecule has 8 unspecified atom stereocenters. The molecule has 8 atom stereocenters. The lowest BCUT2D eigenvalue weighted by Crippen LogP contribution is -2.46. The van der Waals surface area contributed by atoms with Crippen LogP contribution >= 0.6 is 0 Å². The van der Waals surface area contributed by atoms with Crippen LogP contribution in [0.2, 0.25) is 0 Å². The van der Waals surface area contributed by atoms with E-state index in [1.807, 2.05) is 5.57 Å². The highest BCUT2D eigenvalue weighted by molar-refractivity contribution is 5.19. The number of hydrogen-bond donors (Lipinski definition) is 0. The van der Waals surface area contributed by atoms with Crippen molar-refractivity contribution in [3.05, 3.63) is 23.8 Å². The van der Waals surface area contributed by atoms with E-state index in [0.29, 0.717) is 5.41 Å². The molecule has 3 saturated carbocycles. The van der Waals surface area contributed by atoms with Gasteiger partial charge in [-0.05, 0) is 111 Å². The van der Waals surface area contributed by atoms with Crippen molar-refractivity contribution in [1.29, 1.82) is 0 Å². The zero-order valence-corrected chi connectivity index (χ0v) is 19.4. The van der Waals surface area contributed by atoms with Gasteiger partial charge in [0.15, 0.2) is 0 Å². The minimum absolute atomic E-state index is 0.602. The van der Waals surface area contributed by atoms with Crippen LogP contribution in [-0.4, -0.2) is 0 Å². The molecule has 0 amide bonds. The number of hydrogen-bond acceptors (Lipinski definition) is 0. The van der Waals surface area contributed by atoms with E-state index in [0.717, 1.165) is 47.3 Å². The smallest absolute Gasteiger partial charge is 0.0172 e. The van der Waals surface area contributed by atoms with Gasteiger partial charge in [0, 0.05) is 0 Å². The predicted octanol–water partition coefficient (Wildman–Crippen LogP) is 8.44. The fourth-order valence-corrected chi connectivity index (χ4v) is 8.44. The Hall–Kier alpha value is -0.520. The molecule has 0 radical (unpaired) electrons. The van der Waals surface area contributed by atoms with Crippen LogP contribution < -0.4 is 0 Å². The fourth-order valence-electron chi connectivity index (χ4n) is 8.44. The molecule has 0 saturated heterocycles. The van der Waals surface area contributed by atoms with Crippen LogP contribution in [0.5, 0.6) is 0 Å². The van der Waals surface area contributed by atoms with Crippen LogP contribution in [-0.2, 0) is 0 Å². The maximum atomic E-state index is 2.72. The summed E-state index contributed by atoms with van der Waals surface area (Å²) in [6.07, 6.45) is 22.5. The quantitative estimate of drug-likeness (QED) is 0.418. The summed E-state index contributed by atoms with van der Waals surface area (Å²) in [5.74, 6) is 7.22. The largest absolute Gasteiger partial charge is 0.0851 e. The molecule has 0 bridgehead atoms. The monoisotopic (exact) mass is 382 g/mol. The van der Waals surface area contributed by atoms with E-state index in [1.165, 1.54) is 64.2 Å². The van der Waals surface area contributed by atoms with Crippen LogP contribution in [0.1, 0.15) is 98.8 Å². The van der Waals surface area contributed by atoms with Crippen molar-refractivity contribution in [2.24, 2.45) is 52.8 Å². The van der Waals surface area contributed by atoms with Crippen molar-refractivity contribution in [1.82, 2.24) is 0 Å². The molecule has 4 aliphatic carbocycles. The molecule has 0 heterocycles. The lowest BCUT2D eigenvalue weighted by molar-refractivity contribution is -0.0193. The summed E-state index contributed by atoms with van der Waals surface area (Å²) in [6.45, 7) is 12.4. The van der Waals surface area contributed by atoms with Crippen molar-refractivity contribution >= 4 is 0 Å². The Morgan fingerprint density at radius 1 is 1.04 bits per heavy atom. The molecule has 0 aliphatic heterocycles. The van der Waals surface area contributed by atoms with Gasteiger partial charge in [-0.1, -0.05) is 64.8 Å². The first-order valence-electron chi connectivity index (χ1n) is 12.8. The van der Waals surface area contributed by atoms with Crippen molar-refractivity contribution < 1.29 is 0 Å². The highest BCUT2D eigenvalue weighted by Crippen LogP contribution is 2.64. The van der Waals surface area contributed by atoms with Gasteiger partial charge in [0.05, 0.1) is 0 Å². The third-order valence-electron chi connectivity index (χ3n) is 10.1. The summed E-state index contributed by atoms with van der Waals surface area (Å²) in [5, 5.41) is 0. The first-order valence-corrected chi connectivity index (χ1v) is 12.8. The highest BCUT2D eigenvalue weighted by Gasteiger charge is 2.56. The Kier molecular flexibility index (Phi) is 6.16. The van der Waals surface area contributed by atoms with Gasteiger partial charge in [0.1, 0.15) is 0 Å². The topological polar surface area (TPSA) is 0 Å². The molecular formula is C28H46. The van der Waals surface area contributed by atoms with Gasteiger partial charge in [0.2, 0.25) is 0 Å². The second-order valence-corrected chi connectivity index (χ2v) is 11.6. The Morgan fingerprint density at radius 3 is 2.61 bits per heavy atom. The molecule has 0 nitrogen and oxygen atoms in total. The first kappa shape index (κ1) is 20.7. The standard InChI is InChI=1S/C28H46/c1-6-21(19(2)3)12-11-20(4)26-15-16-27-25-14-13-22-9-7-8-10-23(22)24(25)17-18-28(26,27)5/h11-13,19-21,23-27H,6-10,14-18H2,1-5H3/b12-11+. The molecular weight excluding hydrogens is 336 g/mol. The Morgan fingerprint density at radius 2 is 1.86 bits per heavy atom. The van der Waals surface area contributed by atoms with E-state index in [9.17, 15) is 0 Å². The Bertz CT molecular complexity index is 595. The van der Waals surface area contributed by atoms with Crippen molar-refractivity contribution in [3.8, 4) is 0 Å². The summed E-state index contributed by atoms with van der Waals surface area (Å²) in [4.78, 5) is 0. The second-order valence-electron chi connectivity index (χ2n) is 11.6. The molecule has 28 heavy (non-hydrogen) atoms. The lowest BCUT2D eigenvalue weighted by Gasteiger charge is -2.54. The van der Waals surface area contributed by atoms with Gasteiger partial charge < -0.3 is 0 Å². The average molecular weight is 383 g/mol. The van der Waals surface area contributed by atoms with Gasteiger partial charge in [-0.3, -0.25) is 0 Å². The highest BCUT2D eigenvalue weighted by atomic mass is 14.6. The minimum Gasteiger partial charge on any atom is -0.0851 e. The van der Waals surface area contributed by atoms with E-state index < -0.39 is 0 Å². The predicted molar refractivity (Wildman–Crippen MR) is 122 cm³/mol. The fraction of sp³-hybridized carbons (Fsp3) is 0.857. The number of fused-ring (bicyclic) bond motifs is 5. The molecule has 0 N–H and O–H groups in total. The third-order valence-corrected chi connectivity index (χ3v) is 10.1. The van der Waals surface area contributed by atoms with Crippen LogP contribution in [0.4, 0.5) is 0 Å². The van der Waals surface area contributed by atoms with E-state index in [1.54, 1.807) is 0 Å². The molecule has 0 aromatic rings. The van der Waals surface area contributed by atoms with Gasteiger partial charge in [-0.2, -0.15) is 0 Å². The zero-order chi connectivity index (χ0) is 19.9. The van der Waals surface area contributed by atoms with Crippen molar-refractivity contribution in [2.45, 2.75) is 98.8 Å². The summed E-state index contributed by atoms with van der Waals surface area (Å²) >= 11 is 0. The van der Waals surface area contributed by atoms with Crippen molar-refractivity contribution in [2.75, 3.05) is 0 Å². The second kappa shape index (κ2) is 8.31.